The Bertz CT molecular complexity index is 3120. The van der Waals surface area contributed by atoms with Crippen LogP contribution < -0.4 is 26.3 Å². The first kappa shape index (κ1) is 84.9. The van der Waals surface area contributed by atoms with Gasteiger partial charge in [0.25, 0.3) is 0 Å². The van der Waals surface area contributed by atoms with E-state index in [0.717, 1.165) is 80.0 Å². The minimum absolute atomic E-state index is 0. The molecule has 0 amide bonds. The molecule has 22 nitrogen and oxygen atoms in total. The Balaban J connectivity index is -0.000000892. The predicted molar refractivity (Wildman–Crippen MR) is 367 cm³/mol. The minimum atomic E-state index is -4.67. The standard InChI is InChI=1S/C12H12N2O2S.C7H9BO3.2C6H6BrNO2S.C4H4Br2N2S.C4H3Br2NS.C4H6N2S.2CH4.Br2.H2O4S/c1-7-10(8-3-5-9(13)6-4-8)17-11(14-7)12(15)16-2;1-6-2-4-7(5-3-6)8(9)11-10;2*1-3-4(7)11-5(8-3)6(9)10-2;1-2-3(5)9-4(7-2)8-6;1-2-3(5)8-4(6)7-2;1-3-2-7-4(5)6-3;;;1-2;1-5(2,3)4/h3-6H,13H2,1-2H3;2-5,9-10H,1H3;2*1-2H3;1H3,(H,7,8);1H3;2H,1H3,(H2,5,6);2*1H4;;(H2,1,2,3,4)/p+1. The first-order valence-corrected chi connectivity index (χ1v) is 35.9. The summed E-state index contributed by atoms with van der Waals surface area (Å²) in [5.74, 6) is -1.12. The average molecular weight is 1810 g/mol. The summed E-state index contributed by atoms with van der Waals surface area (Å²) in [5, 5.41) is 21.8. The van der Waals surface area contributed by atoms with Gasteiger partial charge in [0.05, 0.1) is 64.9 Å². The van der Waals surface area contributed by atoms with Crippen LogP contribution in [-0.2, 0) is 29.4 Å². The van der Waals surface area contributed by atoms with Crippen molar-refractivity contribution in [2.75, 3.05) is 37.1 Å². The number of esters is 3. The van der Waals surface area contributed by atoms with Crippen LogP contribution in [0.25, 0.3) is 10.4 Å². The van der Waals surface area contributed by atoms with Crippen molar-refractivity contribution in [1.82, 2.24) is 24.9 Å². The molecule has 0 aliphatic carbocycles. The lowest BCUT2D eigenvalue weighted by atomic mass is 9.80. The molecule has 8 rings (SSSR count). The van der Waals surface area contributed by atoms with Crippen molar-refractivity contribution in [1.29, 1.82) is 0 Å². The van der Waals surface area contributed by atoms with Gasteiger partial charge in [0, 0.05) is 62.4 Å². The molecule has 0 aliphatic rings. The lowest BCUT2D eigenvalue weighted by Crippen LogP contribution is -2.32. The van der Waals surface area contributed by atoms with Crippen molar-refractivity contribution >= 4 is 249 Å². The average Bonchev–Trinajstić information content (AvgIpc) is 4.52. The zero-order valence-electron chi connectivity index (χ0n) is 43.5. The van der Waals surface area contributed by atoms with Gasteiger partial charge >= 0.3 is 40.4 Å². The Labute approximate surface area is 571 Å². The molecule has 8 aromatic rings. The lowest BCUT2D eigenvalue weighted by Gasteiger charge is -2.00. The second kappa shape index (κ2) is 45.0. The van der Waals surface area contributed by atoms with Gasteiger partial charge in [-0.05, 0) is 144 Å². The SMILES string of the molecule is BrBr.C.C.COC(=O)c1[nH+]c(C)c(-c2ccc(N)cc2)s1.COC(=O)c1nc(C)c(Br)s1.COC(=O)c1nc(C)c(Br)s1.Cc1ccc(B(O)OO)cc1.Cc1csc(N)n1.Cc1nc(Br)sc1Br.Cc1nc(NBr)sc1Br.O=S(=O)(O)O. The summed E-state index contributed by atoms with van der Waals surface area (Å²) < 4.78 is 52.9. The highest BCUT2D eigenvalue weighted by molar-refractivity contribution is 9.93. The maximum absolute atomic E-state index is 11.4. The summed E-state index contributed by atoms with van der Waals surface area (Å²) in [5.41, 5.74) is 20.0. The number of H-pyrrole nitrogens is 1. The molecule has 460 valence electrons. The predicted octanol–water partition coefficient (Wildman–Crippen LogP) is 15.3. The third kappa shape index (κ3) is 35.3. The molecular weight excluding hydrogens is 1750 g/mol. The number of aryl methyl sites for hydroxylation is 7. The number of methoxy groups -OCH3 is 3. The van der Waals surface area contributed by atoms with Gasteiger partial charge in [0.1, 0.15) is 4.88 Å². The van der Waals surface area contributed by atoms with Crippen LogP contribution in [0, 0.1) is 48.5 Å². The molecule has 6 heterocycles. The highest BCUT2D eigenvalue weighted by Crippen LogP contribution is 2.30. The largest absolute Gasteiger partial charge is 0.522 e. The highest BCUT2D eigenvalue weighted by Gasteiger charge is 2.23. The summed E-state index contributed by atoms with van der Waals surface area (Å²) in [7, 11) is -1.86. The van der Waals surface area contributed by atoms with Crippen LogP contribution in [0.15, 0.2) is 73.0 Å². The Hall–Kier alpha value is -2.32. The maximum Gasteiger partial charge on any atom is 0.522 e. The second-order valence-electron chi connectivity index (χ2n) is 14.3. The molecule has 38 heteroatoms. The third-order valence-corrected chi connectivity index (χ3v) is 19.2. The van der Waals surface area contributed by atoms with E-state index in [1.165, 1.54) is 66.7 Å². The number of benzene rings is 2. The smallest absolute Gasteiger partial charge is 0.464 e. The van der Waals surface area contributed by atoms with E-state index in [9.17, 15) is 14.4 Å². The van der Waals surface area contributed by atoms with E-state index >= 15 is 0 Å². The molecule has 0 radical (unpaired) electrons. The normalized spacial score (nSPS) is 9.52. The molecule has 2 aromatic carbocycles. The number of nitrogens with two attached hydrogens (primary N) is 2. The van der Waals surface area contributed by atoms with Crippen molar-refractivity contribution in [3.8, 4) is 10.4 Å². The van der Waals surface area contributed by atoms with Crippen LogP contribution in [0.4, 0.5) is 16.0 Å². The van der Waals surface area contributed by atoms with Crippen molar-refractivity contribution in [3.63, 3.8) is 0 Å². The van der Waals surface area contributed by atoms with Gasteiger partial charge in [-0.25, -0.2) is 39.3 Å². The number of hydrogen-bond donors (Lipinski definition) is 7. The first-order chi connectivity index (χ1) is 37.9. The molecule has 0 bridgehead atoms. The van der Waals surface area contributed by atoms with Crippen molar-refractivity contribution < 1.29 is 66.2 Å². The number of aromatic amines is 1. The van der Waals surface area contributed by atoms with E-state index in [1.807, 2.05) is 90.2 Å². The van der Waals surface area contributed by atoms with Crippen molar-refractivity contribution in [3.05, 3.63) is 128 Å². The Kier molecular flexibility index (Phi) is 46.0. The molecule has 6 aromatic heterocycles. The number of halogens is 8. The fraction of sp³-hybridized carbons (Fsp3) is 0.267. The molecule has 0 aliphatic heterocycles. The topological polar surface area (TPSA) is 346 Å². The summed E-state index contributed by atoms with van der Waals surface area (Å²) in [6.07, 6.45) is 0. The number of thiazole rings is 6. The number of ether oxygens (including phenoxy) is 3. The molecule has 0 fully saturated rings. The summed E-state index contributed by atoms with van der Waals surface area (Å²) in [4.78, 5) is 61.0. The Morgan fingerprint density at radius 2 is 1.06 bits per heavy atom. The maximum atomic E-state index is 11.4. The highest BCUT2D eigenvalue weighted by atomic mass is 80.9. The number of carbonyl (C=O) groups is 3. The van der Waals surface area contributed by atoms with E-state index in [2.05, 4.69) is 177 Å². The first-order valence-electron chi connectivity index (χ1n) is 21.1. The van der Waals surface area contributed by atoms with Gasteiger partial charge in [0.15, 0.2) is 19.9 Å². The van der Waals surface area contributed by atoms with Gasteiger partial charge in [-0.2, -0.15) is 13.4 Å². The molecule has 0 saturated carbocycles. The van der Waals surface area contributed by atoms with Gasteiger partial charge in [-0.15, -0.1) is 11.3 Å². The van der Waals surface area contributed by atoms with Crippen LogP contribution in [-0.4, -0.2) is 99.1 Å². The number of nitrogens with one attached hydrogen (secondary N) is 2. The number of rotatable bonds is 7. The molecule has 83 heavy (non-hydrogen) atoms. The summed E-state index contributed by atoms with van der Waals surface area (Å²) >= 11 is 33.6. The summed E-state index contributed by atoms with van der Waals surface area (Å²) in [6.45, 7) is 13.4. The van der Waals surface area contributed by atoms with E-state index < -0.39 is 17.5 Å². The molecule has 10 N–H and O–H groups in total. The number of hydrogen-bond acceptors (Lipinski definition) is 25. The molecule has 0 spiro atoms. The van der Waals surface area contributed by atoms with E-state index in [0.29, 0.717) is 25.6 Å². The van der Waals surface area contributed by atoms with Gasteiger partial charge in [0.2, 0.25) is 10.0 Å². The fourth-order valence-electron chi connectivity index (χ4n) is 4.56. The molecule has 0 unspecified atom stereocenters. The number of aromatic nitrogens is 6. The van der Waals surface area contributed by atoms with Crippen molar-refractivity contribution in [2.45, 2.75) is 63.3 Å². The molecular formula is C45H57BBr8N9O13S7+. The van der Waals surface area contributed by atoms with Crippen molar-refractivity contribution in [2.24, 2.45) is 0 Å². The van der Waals surface area contributed by atoms with Crippen LogP contribution in [0.1, 0.15) is 84.0 Å². The van der Waals surface area contributed by atoms with Gasteiger partial charge < -0.3 is 30.7 Å². The third-order valence-electron chi connectivity index (χ3n) is 8.22. The molecule has 0 saturated heterocycles. The fourth-order valence-corrected chi connectivity index (χ4v) is 12.6. The lowest BCUT2D eigenvalue weighted by molar-refractivity contribution is -0.384. The van der Waals surface area contributed by atoms with Crippen LogP contribution >= 0.6 is 192 Å². The van der Waals surface area contributed by atoms with Crippen LogP contribution in [0.3, 0.4) is 0 Å². The van der Waals surface area contributed by atoms with E-state index in [4.69, 9.17) is 39.3 Å². The zero-order chi connectivity index (χ0) is 62.3. The van der Waals surface area contributed by atoms with Crippen LogP contribution in [0.5, 0.6) is 0 Å². The number of carbonyl (C=O) groups excluding carboxylic acids is 3. The number of nitrogens with zero attached hydrogens (tertiary/aromatic N) is 5. The van der Waals surface area contributed by atoms with Crippen LogP contribution in [0.2, 0.25) is 0 Å². The molecule has 0 atom stereocenters. The Morgan fingerprint density at radius 1 is 0.639 bits per heavy atom. The zero-order valence-corrected chi connectivity index (χ0v) is 61.9. The summed E-state index contributed by atoms with van der Waals surface area (Å²) in [6, 6.07) is 14.6. The van der Waals surface area contributed by atoms with Gasteiger partial charge in [-0.3, -0.25) is 23.5 Å². The Morgan fingerprint density at radius 3 is 1.34 bits per heavy atom. The monoisotopic (exact) mass is 1800 g/mol. The van der Waals surface area contributed by atoms with E-state index in [-0.39, 0.29) is 32.8 Å². The van der Waals surface area contributed by atoms with Gasteiger partial charge in [-0.1, -0.05) is 113 Å². The number of anilines is 3. The van der Waals surface area contributed by atoms with E-state index in [1.54, 1.807) is 34.8 Å². The number of nitrogen functional groups attached to an aromatic ring is 2. The second-order valence-corrected chi connectivity index (χ2v) is 28.1. The quantitative estimate of drug-likeness (QED) is 0.0114. The minimum Gasteiger partial charge on any atom is -0.464 e.